The molecular weight excluding hydrogens is 80.1 g/mol. The van der Waals surface area contributed by atoms with E-state index in [1.165, 1.54) is 0 Å². The van der Waals surface area contributed by atoms with Crippen LogP contribution < -0.4 is 0 Å². The molecule has 0 rings (SSSR count). The molecule has 0 amide bonds. The van der Waals surface area contributed by atoms with Gasteiger partial charge in [-0.3, -0.25) is 9.11 Å². The third-order valence-electron chi connectivity index (χ3n) is 0. The van der Waals surface area contributed by atoms with Gasteiger partial charge in [-0.1, -0.05) is 0 Å². The molecule has 0 bridgehead atoms. The minimum Gasteiger partial charge on any atom is -0.284 e. The molecule has 0 heterocycles. The molecule has 0 atom stereocenters. The largest absolute Gasteiger partial charge is 0.299 e. The van der Waals surface area contributed by atoms with Crippen LogP contribution in [-0.4, -0.2) is 13.3 Å². The molecule has 0 aliphatic carbocycles. The van der Waals surface area contributed by atoms with Crippen LogP contribution in [0.1, 0.15) is 1.43 Å². The molecule has 0 saturated carbocycles. The van der Waals surface area contributed by atoms with Gasteiger partial charge in [0.05, 0.1) is 0 Å². The molecule has 0 aliphatic heterocycles. The average molecular weight is 84.1 g/mol. The maximum atomic E-state index is 8.67. The van der Waals surface area contributed by atoms with Crippen molar-refractivity contribution in [3.05, 3.63) is 0 Å². The quantitative estimate of drug-likeness (QED) is 0.404. The second kappa shape index (κ2) is 1.40. The monoisotopic (exact) mass is 84.0 g/mol. The molecule has 3 nitrogen and oxygen atoms in total. The number of hydrogen-bond donors (Lipinski definition) is 2. The van der Waals surface area contributed by atoms with Crippen molar-refractivity contribution in [1.82, 2.24) is 0 Å². The molecule has 0 unspecified atom stereocenters. The zero-order valence-corrected chi connectivity index (χ0v) is 2.53. The van der Waals surface area contributed by atoms with Crippen LogP contribution in [0.3, 0.4) is 0 Å². The summed E-state index contributed by atoms with van der Waals surface area (Å²) in [7, 11) is 0. The zero-order valence-electron chi connectivity index (χ0n) is 1.71. The van der Waals surface area contributed by atoms with Gasteiger partial charge < -0.3 is 0 Å². The van der Waals surface area contributed by atoms with E-state index in [9.17, 15) is 0 Å². The number of hydrogen-bond acceptors (Lipinski definition) is 1. The Balaban J connectivity index is 0. The molecule has 0 fully saturated rings. The van der Waals surface area contributed by atoms with Crippen molar-refractivity contribution < 1.29 is 14.7 Å². The van der Waals surface area contributed by atoms with Crippen LogP contribution in [-0.2, 0) is 11.4 Å². The van der Waals surface area contributed by atoms with Gasteiger partial charge in [0.15, 0.2) is 0 Å². The smallest absolute Gasteiger partial charge is 0.284 e. The van der Waals surface area contributed by atoms with Crippen LogP contribution in [0.2, 0.25) is 0 Å². The van der Waals surface area contributed by atoms with Crippen LogP contribution in [0.25, 0.3) is 0 Å². The van der Waals surface area contributed by atoms with Crippen molar-refractivity contribution in [3.63, 3.8) is 0 Å². The van der Waals surface area contributed by atoms with Crippen molar-refractivity contribution >= 4 is 11.4 Å². The molecule has 0 aromatic rings. The molecule has 4 heavy (non-hydrogen) atoms. The van der Waals surface area contributed by atoms with Crippen LogP contribution >= 0.6 is 0 Å². The molecule has 2 N–H and O–H groups in total. The van der Waals surface area contributed by atoms with Gasteiger partial charge in [-0.2, -0.15) is 4.21 Å². The third-order valence-corrected chi connectivity index (χ3v) is 0. The topological polar surface area (TPSA) is 57.5 Å². The summed E-state index contributed by atoms with van der Waals surface area (Å²) in [4.78, 5) is 0. The van der Waals surface area contributed by atoms with Crippen molar-refractivity contribution in [2.75, 3.05) is 0 Å². The van der Waals surface area contributed by atoms with E-state index in [0.717, 1.165) is 0 Å². The van der Waals surface area contributed by atoms with Gasteiger partial charge >= 0.3 is 0 Å². The predicted octanol–water partition coefficient (Wildman–Crippen LogP) is -0.0729. The van der Waals surface area contributed by atoms with Crippen LogP contribution in [0, 0.1) is 0 Å². The van der Waals surface area contributed by atoms with Gasteiger partial charge in [-0.05, 0) is 0 Å². The first kappa shape index (κ1) is 4.07. The normalized spacial score (nSPS) is 8.75. The van der Waals surface area contributed by atoms with E-state index in [1.54, 1.807) is 0 Å². The molecule has 4 heteroatoms. The zero-order chi connectivity index (χ0) is 3.58. The van der Waals surface area contributed by atoms with E-state index in [0.29, 0.717) is 0 Å². The second-order valence-electron chi connectivity index (χ2n) is 0.231. The Hall–Kier alpha value is 0.0700. The Kier molecular flexibility index (Phi) is 1.42. The maximum absolute atomic E-state index is 8.67. The fourth-order valence-electron chi connectivity index (χ4n) is 0. The van der Waals surface area contributed by atoms with Gasteiger partial charge in [0.1, 0.15) is 0 Å². The van der Waals surface area contributed by atoms with Gasteiger partial charge in [-0.25, -0.2) is 0 Å². The average Bonchev–Trinajstić information content (AvgIpc) is 0.811. The summed E-state index contributed by atoms with van der Waals surface area (Å²) >= 11 is -2.61. The van der Waals surface area contributed by atoms with Crippen LogP contribution in [0.5, 0.6) is 0 Å². The highest BCUT2D eigenvalue weighted by Gasteiger charge is 1.62. The van der Waals surface area contributed by atoms with Gasteiger partial charge in [0, 0.05) is 1.43 Å². The molecule has 0 aromatic heterocycles. The molecule has 0 aliphatic rings. The lowest BCUT2D eigenvalue weighted by atomic mass is 15.8. The molecular formula is H4O3S. The van der Waals surface area contributed by atoms with E-state index in [-0.39, 0.29) is 1.43 Å². The summed E-state index contributed by atoms with van der Waals surface area (Å²) in [6.45, 7) is 0. The summed E-state index contributed by atoms with van der Waals surface area (Å²) in [6, 6.07) is 0. The molecule has 0 saturated heterocycles. The number of rotatable bonds is 0. The first-order valence-corrected chi connectivity index (χ1v) is 1.60. The van der Waals surface area contributed by atoms with E-state index < -0.39 is 11.4 Å². The third kappa shape index (κ3) is 484. The highest BCUT2D eigenvalue weighted by Crippen LogP contribution is 1.44. The summed E-state index contributed by atoms with van der Waals surface area (Å²) in [6.07, 6.45) is 0. The SMILES string of the molecule is O=S(O)O.[HH]. The van der Waals surface area contributed by atoms with Crippen LogP contribution in [0.4, 0.5) is 0 Å². The first-order valence-electron chi connectivity index (χ1n) is 0.532. The Bertz CT molecular complexity index is 29.9. The molecule has 0 radical (unpaired) electrons. The maximum Gasteiger partial charge on any atom is 0.299 e. The predicted molar refractivity (Wildman–Crippen MR) is 15.5 cm³/mol. The Morgan fingerprint density at radius 1 is 1.75 bits per heavy atom. The Morgan fingerprint density at radius 3 is 1.75 bits per heavy atom. The fourth-order valence-corrected chi connectivity index (χ4v) is 0. The second-order valence-corrected chi connectivity index (χ2v) is 0.692. The standard InChI is InChI=1S/H2O3S.H2/c1-4(2)3;/h(H2,1,2,3);1H. The van der Waals surface area contributed by atoms with Crippen molar-refractivity contribution in [1.29, 1.82) is 0 Å². The lowest BCUT2D eigenvalue weighted by Gasteiger charge is -1.59. The highest BCUT2D eigenvalue weighted by atomic mass is 32.2. The van der Waals surface area contributed by atoms with Crippen molar-refractivity contribution in [3.8, 4) is 0 Å². The Labute approximate surface area is 27.2 Å². The molecule has 28 valence electrons. The summed E-state index contributed by atoms with van der Waals surface area (Å²) in [5.41, 5.74) is 0. The van der Waals surface area contributed by atoms with E-state index in [1.807, 2.05) is 0 Å². The van der Waals surface area contributed by atoms with Crippen LogP contribution in [0.15, 0.2) is 0 Å². The minimum atomic E-state index is -2.61. The molecule has 0 spiro atoms. The fraction of sp³-hybridized carbons (Fsp3) is 0. The van der Waals surface area contributed by atoms with Crippen molar-refractivity contribution in [2.45, 2.75) is 0 Å². The lowest BCUT2D eigenvalue weighted by molar-refractivity contribution is 0.454. The van der Waals surface area contributed by atoms with Crippen molar-refractivity contribution in [2.24, 2.45) is 0 Å². The van der Waals surface area contributed by atoms with Gasteiger partial charge in [0.25, 0.3) is 11.4 Å². The van der Waals surface area contributed by atoms with Gasteiger partial charge in [-0.15, -0.1) is 0 Å². The summed E-state index contributed by atoms with van der Waals surface area (Å²) in [5, 5.41) is 0. The van der Waals surface area contributed by atoms with Gasteiger partial charge in [0.2, 0.25) is 0 Å². The molecule has 0 aromatic carbocycles. The Morgan fingerprint density at radius 2 is 1.75 bits per heavy atom. The summed E-state index contributed by atoms with van der Waals surface area (Å²) in [5.74, 6) is 0. The van der Waals surface area contributed by atoms with E-state index >= 15 is 0 Å². The first-order chi connectivity index (χ1) is 1.73. The highest BCUT2D eigenvalue weighted by molar-refractivity contribution is 7.73. The van der Waals surface area contributed by atoms with E-state index in [4.69, 9.17) is 13.3 Å². The minimum absolute atomic E-state index is 0. The lowest BCUT2D eigenvalue weighted by Crippen LogP contribution is -1.74. The summed E-state index contributed by atoms with van der Waals surface area (Å²) < 4.78 is 22.8. The van der Waals surface area contributed by atoms with E-state index in [2.05, 4.69) is 0 Å².